The molecule has 2 bridgehead atoms. The first-order valence-electron chi connectivity index (χ1n) is 13.5. The number of piperidine rings is 1. The lowest BCUT2D eigenvalue weighted by molar-refractivity contribution is -0.128. The van der Waals surface area contributed by atoms with Gasteiger partial charge >= 0.3 is 6.09 Å². The SMILES string of the molecule is COc1ccc(-c2cn(-c3ccc(C[C@@H](C#N)NC(=O)[C@@H]4[C@H]5CC[C@H](C5)N4C(=O)OC(C)(C)C)cc3)nn2)cc1. The third-order valence-corrected chi connectivity index (χ3v) is 7.45. The Morgan fingerprint density at radius 3 is 2.50 bits per heavy atom. The number of fused-ring (bicyclic) bond motifs is 2. The number of benzene rings is 2. The zero-order valence-electron chi connectivity index (χ0n) is 23.2. The van der Waals surface area contributed by atoms with Crippen LogP contribution < -0.4 is 10.1 Å². The minimum Gasteiger partial charge on any atom is -0.497 e. The van der Waals surface area contributed by atoms with E-state index in [9.17, 15) is 14.9 Å². The van der Waals surface area contributed by atoms with Crippen molar-refractivity contribution in [2.45, 2.75) is 70.2 Å². The molecule has 10 heteroatoms. The number of hydrogen-bond donors (Lipinski definition) is 1. The Balaban J connectivity index is 1.22. The molecular formula is C30H34N6O4. The largest absolute Gasteiger partial charge is 0.497 e. The van der Waals surface area contributed by atoms with Crippen molar-refractivity contribution in [2.75, 3.05) is 7.11 Å². The predicted molar refractivity (Wildman–Crippen MR) is 148 cm³/mol. The lowest BCUT2D eigenvalue weighted by atomic mass is 9.97. The fourth-order valence-corrected chi connectivity index (χ4v) is 5.59. The van der Waals surface area contributed by atoms with Crippen LogP contribution in [0.2, 0.25) is 0 Å². The number of carbonyl (C=O) groups excluding carboxylic acids is 2. The fourth-order valence-electron chi connectivity index (χ4n) is 5.59. The number of amides is 2. The molecule has 2 amide bonds. The Hall–Kier alpha value is -4.39. The number of nitriles is 1. The van der Waals surface area contributed by atoms with Gasteiger partial charge < -0.3 is 14.8 Å². The summed E-state index contributed by atoms with van der Waals surface area (Å²) >= 11 is 0. The van der Waals surface area contributed by atoms with E-state index in [1.54, 1.807) is 16.7 Å². The molecule has 5 rings (SSSR count). The minimum atomic E-state index is -0.731. The van der Waals surface area contributed by atoms with Crippen LogP contribution in [0.4, 0.5) is 4.79 Å². The third kappa shape index (κ3) is 5.78. The quantitative estimate of drug-likeness (QED) is 0.473. The van der Waals surface area contributed by atoms with Crippen LogP contribution >= 0.6 is 0 Å². The number of hydrogen-bond acceptors (Lipinski definition) is 7. The lowest BCUT2D eigenvalue weighted by Gasteiger charge is -2.35. The summed E-state index contributed by atoms with van der Waals surface area (Å²) in [7, 11) is 1.63. The molecule has 1 saturated carbocycles. The van der Waals surface area contributed by atoms with Gasteiger partial charge in [0.2, 0.25) is 5.91 Å². The average molecular weight is 543 g/mol. The van der Waals surface area contributed by atoms with E-state index in [4.69, 9.17) is 9.47 Å². The Morgan fingerprint density at radius 1 is 1.12 bits per heavy atom. The van der Waals surface area contributed by atoms with Gasteiger partial charge in [-0.1, -0.05) is 17.3 Å². The number of rotatable bonds is 7. The lowest BCUT2D eigenvalue weighted by Crippen LogP contribution is -2.55. The molecule has 0 unspecified atom stereocenters. The van der Waals surface area contributed by atoms with E-state index in [1.165, 1.54) is 0 Å². The van der Waals surface area contributed by atoms with Gasteiger partial charge in [-0.2, -0.15) is 5.26 Å². The molecule has 2 aliphatic rings. The molecule has 10 nitrogen and oxygen atoms in total. The summed E-state index contributed by atoms with van der Waals surface area (Å²) in [5.41, 5.74) is 2.73. The van der Waals surface area contributed by atoms with Crippen LogP contribution in [0.3, 0.4) is 0 Å². The number of aromatic nitrogens is 3. The number of likely N-dealkylation sites (tertiary alicyclic amines) is 1. The molecular weight excluding hydrogens is 508 g/mol. The number of carbonyl (C=O) groups is 2. The molecule has 1 aliphatic heterocycles. The molecule has 2 aromatic carbocycles. The van der Waals surface area contributed by atoms with Crippen LogP contribution in [0, 0.1) is 17.2 Å². The van der Waals surface area contributed by atoms with Crippen molar-refractivity contribution in [1.82, 2.24) is 25.2 Å². The van der Waals surface area contributed by atoms with E-state index in [1.807, 2.05) is 75.5 Å². The highest BCUT2D eigenvalue weighted by Gasteiger charge is 2.52. The molecule has 0 spiro atoms. The molecule has 2 fully saturated rings. The molecule has 208 valence electrons. The summed E-state index contributed by atoms with van der Waals surface area (Å²) in [5, 5.41) is 21.2. The van der Waals surface area contributed by atoms with Crippen LogP contribution in [0.15, 0.2) is 54.7 Å². The standard InChI is InChI=1S/C30H34N6O4/c1-30(2,3)40-29(38)36-24-12-7-21(16-24)27(36)28(37)32-22(17-31)15-19-5-10-23(11-6-19)35-18-26(33-34-35)20-8-13-25(39-4)14-9-20/h5-6,8-11,13-14,18,21-22,24,27H,7,12,15-16H2,1-4H3,(H,32,37)/t21-,22-,24+,27-/m0/s1. The molecule has 1 aromatic heterocycles. The highest BCUT2D eigenvalue weighted by atomic mass is 16.6. The Morgan fingerprint density at radius 2 is 1.85 bits per heavy atom. The number of nitrogens with one attached hydrogen (secondary N) is 1. The molecule has 1 aliphatic carbocycles. The van der Waals surface area contributed by atoms with Crippen molar-refractivity contribution < 1.29 is 19.1 Å². The minimum absolute atomic E-state index is 0.00528. The first-order chi connectivity index (χ1) is 19.1. The highest BCUT2D eigenvalue weighted by molar-refractivity contribution is 5.87. The van der Waals surface area contributed by atoms with E-state index in [-0.39, 0.29) is 17.9 Å². The van der Waals surface area contributed by atoms with Crippen molar-refractivity contribution in [3.8, 4) is 28.8 Å². The van der Waals surface area contributed by atoms with Crippen molar-refractivity contribution >= 4 is 12.0 Å². The van der Waals surface area contributed by atoms with Crippen LogP contribution in [-0.4, -0.2) is 62.7 Å². The van der Waals surface area contributed by atoms with Crippen molar-refractivity contribution in [1.29, 1.82) is 5.26 Å². The second kappa shape index (κ2) is 11.0. The van der Waals surface area contributed by atoms with Crippen LogP contribution in [0.5, 0.6) is 5.75 Å². The van der Waals surface area contributed by atoms with Gasteiger partial charge in [0.1, 0.15) is 29.1 Å². The van der Waals surface area contributed by atoms with Crippen LogP contribution in [0.1, 0.15) is 45.6 Å². The summed E-state index contributed by atoms with van der Waals surface area (Å²) in [4.78, 5) is 27.8. The van der Waals surface area contributed by atoms with Crippen LogP contribution in [0.25, 0.3) is 16.9 Å². The van der Waals surface area contributed by atoms with Crippen molar-refractivity contribution in [3.63, 3.8) is 0 Å². The molecule has 2 heterocycles. The van der Waals surface area contributed by atoms with E-state index in [0.717, 1.165) is 47.5 Å². The van der Waals surface area contributed by atoms with Gasteiger partial charge in [-0.3, -0.25) is 9.69 Å². The maximum atomic E-state index is 13.3. The van der Waals surface area contributed by atoms with Gasteiger partial charge in [0.25, 0.3) is 0 Å². The van der Waals surface area contributed by atoms with Gasteiger partial charge in [-0.25, -0.2) is 9.48 Å². The third-order valence-electron chi connectivity index (χ3n) is 7.45. The topological polar surface area (TPSA) is 122 Å². The Bertz CT molecular complexity index is 1400. The van der Waals surface area contributed by atoms with E-state index in [2.05, 4.69) is 21.7 Å². The van der Waals surface area contributed by atoms with Gasteiger partial charge in [-0.05, 0) is 87.9 Å². The summed E-state index contributed by atoms with van der Waals surface area (Å²) < 4.78 is 12.5. The molecule has 3 aromatic rings. The highest BCUT2D eigenvalue weighted by Crippen LogP contribution is 2.43. The van der Waals surface area contributed by atoms with Crippen LogP contribution in [-0.2, 0) is 16.0 Å². The van der Waals surface area contributed by atoms with Crippen molar-refractivity contribution in [2.24, 2.45) is 5.92 Å². The average Bonchev–Trinajstić information content (AvgIpc) is 3.69. The smallest absolute Gasteiger partial charge is 0.411 e. The maximum absolute atomic E-state index is 13.3. The summed E-state index contributed by atoms with van der Waals surface area (Å²) in [6.07, 6.45) is 4.27. The number of nitrogens with zero attached hydrogens (tertiary/aromatic N) is 5. The first kappa shape index (κ1) is 27.2. The Labute approximate surface area is 233 Å². The zero-order valence-corrected chi connectivity index (χ0v) is 23.2. The normalized spacial score (nSPS) is 20.6. The second-order valence-corrected chi connectivity index (χ2v) is 11.4. The summed E-state index contributed by atoms with van der Waals surface area (Å²) in [5.74, 6) is 0.561. The van der Waals surface area contributed by atoms with Crippen molar-refractivity contribution in [3.05, 3.63) is 60.3 Å². The first-order valence-corrected chi connectivity index (χ1v) is 13.5. The van der Waals surface area contributed by atoms with E-state index < -0.39 is 23.8 Å². The molecule has 1 saturated heterocycles. The summed E-state index contributed by atoms with van der Waals surface area (Å²) in [6, 6.07) is 16.1. The molecule has 4 atom stereocenters. The monoisotopic (exact) mass is 542 g/mol. The number of methoxy groups -OCH3 is 1. The second-order valence-electron chi connectivity index (χ2n) is 11.4. The zero-order chi connectivity index (χ0) is 28.4. The predicted octanol–water partition coefficient (Wildman–Crippen LogP) is 4.28. The van der Waals surface area contributed by atoms with Gasteiger partial charge in [0.15, 0.2) is 0 Å². The fraction of sp³-hybridized carbons (Fsp3) is 0.433. The van der Waals surface area contributed by atoms with E-state index >= 15 is 0 Å². The van der Waals surface area contributed by atoms with E-state index in [0.29, 0.717) is 6.42 Å². The summed E-state index contributed by atoms with van der Waals surface area (Å²) in [6.45, 7) is 5.44. The van der Waals surface area contributed by atoms with Gasteiger partial charge in [-0.15, -0.1) is 5.10 Å². The molecule has 1 N–H and O–H groups in total. The molecule has 40 heavy (non-hydrogen) atoms. The van der Waals surface area contributed by atoms with Gasteiger partial charge in [0, 0.05) is 18.0 Å². The maximum Gasteiger partial charge on any atom is 0.411 e. The van der Waals surface area contributed by atoms with Gasteiger partial charge in [0.05, 0.1) is 25.1 Å². The number of ether oxygens (including phenoxy) is 2. The Kier molecular flexibility index (Phi) is 7.48. The molecule has 0 radical (unpaired) electrons.